The van der Waals surface area contributed by atoms with E-state index in [1.165, 1.54) is 36.0 Å². The Labute approximate surface area is 142 Å². The van der Waals surface area contributed by atoms with Crippen LogP contribution in [0.1, 0.15) is 50.5 Å². The van der Waals surface area contributed by atoms with Crippen molar-refractivity contribution in [2.75, 3.05) is 6.54 Å². The molecule has 23 heavy (non-hydrogen) atoms. The van der Waals surface area contributed by atoms with Gasteiger partial charge in [-0.1, -0.05) is 50.5 Å². The van der Waals surface area contributed by atoms with E-state index < -0.39 is 0 Å². The van der Waals surface area contributed by atoms with Crippen molar-refractivity contribution in [2.45, 2.75) is 44.9 Å². The zero-order valence-electron chi connectivity index (χ0n) is 13.8. The molecule has 1 atom stereocenters. The van der Waals surface area contributed by atoms with Gasteiger partial charge in [-0.3, -0.25) is 4.79 Å². The van der Waals surface area contributed by atoms with Crippen LogP contribution in [0, 0.1) is 5.92 Å². The second-order valence-corrected chi connectivity index (χ2v) is 7.40. The zero-order chi connectivity index (χ0) is 16.1. The van der Waals surface area contributed by atoms with E-state index in [9.17, 15) is 4.79 Å². The molecule has 1 saturated carbocycles. The van der Waals surface area contributed by atoms with Crippen molar-refractivity contribution in [3.05, 3.63) is 46.7 Å². The Morgan fingerprint density at radius 3 is 2.52 bits per heavy atom. The van der Waals surface area contributed by atoms with Gasteiger partial charge in [0.1, 0.15) is 0 Å². The minimum atomic E-state index is 0.247. The van der Waals surface area contributed by atoms with Crippen molar-refractivity contribution >= 4 is 17.2 Å². The van der Waals surface area contributed by atoms with E-state index in [1.54, 1.807) is 11.3 Å². The summed E-state index contributed by atoms with van der Waals surface area (Å²) in [4.78, 5) is 12.2. The summed E-state index contributed by atoms with van der Waals surface area (Å²) in [5, 5.41) is 7.43. The maximum Gasteiger partial charge on any atom is 0.223 e. The van der Waals surface area contributed by atoms with Crippen LogP contribution in [0.3, 0.4) is 0 Å². The quantitative estimate of drug-likeness (QED) is 0.802. The maximum atomic E-state index is 12.2. The molecule has 3 rings (SSSR count). The van der Waals surface area contributed by atoms with Gasteiger partial charge in [-0.25, -0.2) is 0 Å². The Hall–Kier alpha value is -1.61. The van der Waals surface area contributed by atoms with E-state index in [0.29, 0.717) is 5.92 Å². The summed E-state index contributed by atoms with van der Waals surface area (Å²) in [5.74, 6) is 0.849. The minimum Gasteiger partial charge on any atom is -0.355 e. The highest BCUT2D eigenvalue weighted by Crippen LogP contribution is 2.25. The van der Waals surface area contributed by atoms with E-state index in [0.717, 1.165) is 19.4 Å². The third-order valence-electron chi connectivity index (χ3n) is 4.89. The van der Waals surface area contributed by atoms with Crippen LogP contribution in [0.2, 0.25) is 0 Å². The van der Waals surface area contributed by atoms with Crippen LogP contribution in [0.5, 0.6) is 0 Å². The molecule has 122 valence electrons. The number of hydrogen-bond acceptors (Lipinski definition) is 2. The van der Waals surface area contributed by atoms with Crippen LogP contribution >= 0.6 is 11.3 Å². The Bertz CT molecular complexity index is 612. The van der Waals surface area contributed by atoms with Gasteiger partial charge in [-0.15, -0.1) is 0 Å². The van der Waals surface area contributed by atoms with Gasteiger partial charge in [-0.2, -0.15) is 11.3 Å². The molecule has 2 nitrogen and oxygen atoms in total. The number of amides is 1. The van der Waals surface area contributed by atoms with E-state index in [4.69, 9.17) is 0 Å². The van der Waals surface area contributed by atoms with Crippen molar-refractivity contribution in [2.24, 2.45) is 5.92 Å². The molecule has 1 aromatic heterocycles. The molecule has 1 amide bonds. The second-order valence-electron chi connectivity index (χ2n) is 6.62. The van der Waals surface area contributed by atoms with E-state index in [2.05, 4.69) is 53.3 Å². The van der Waals surface area contributed by atoms with Gasteiger partial charge >= 0.3 is 0 Å². The average molecular weight is 327 g/mol. The first-order chi connectivity index (χ1) is 11.2. The standard InChI is InChI=1S/C20H25NOS/c1-15(13-21-20(22)18-5-3-2-4-6-18)16-7-9-17(10-8-16)19-11-12-23-14-19/h7-12,14-15,18H,2-6,13H2,1H3,(H,21,22). The third kappa shape index (κ3) is 4.23. The van der Waals surface area contributed by atoms with E-state index in [-0.39, 0.29) is 11.8 Å². The Kier molecular flexibility index (Phi) is 5.50. The highest BCUT2D eigenvalue weighted by atomic mass is 32.1. The first-order valence-corrected chi connectivity index (χ1v) is 9.58. The van der Waals surface area contributed by atoms with Crippen LogP contribution in [0.25, 0.3) is 11.1 Å². The molecule has 0 bridgehead atoms. The van der Waals surface area contributed by atoms with Crippen LogP contribution in [-0.2, 0) is 4.79 Å². The summed E-state index contributed by atoms with van der Waals surface area (Å²) in [5.41, 5.74) is 3.82. The molecule has 0 radical (unpaired) electrons. The Morgan fingerprint density at radius 2 is 1.87 bits per heavy atom. The second kappa shape index (κ2) is 7.78. The van der Waals surface area contributed by atoms with Gasteiger partial charge in [0, 0.05) is 12.5 Å². The van der Waals surface area contributed by atoms with Crippen LogP contribution < -0.4 is 5.32 Å². The lowest BCUT2D eigenvalue weighted by Gasteiger charge is -2.22. The van der Waals surface area contributed by atoms with Crippen molar-refractivity contribution in [3.8, 4) is 11.1 Å². The molecule has 1 aromatic carbocycles. The molecule has 1 aliphatic carbocycles. The van der Waals surface area contributed by atoms with Crippen molar-refractivity contribution in [1.82, 2.24) is 5.32 Å². The molecule has 1 heterocycles. The van der Waals surface area contributed by atoms with Crippen LogP contribution in [0.4, 0.5) is 0 Å². The summed E-state index contributed by atoms with van der Waals surface area (Å²) in [6.07, 6.45) is 5.83. The number of rotatable bonds is 5. The smallest absolute Gasteiger partial charge is 0.223 e. The molecule has 0 saturated heterocycles. The van der Waals surface area contributed by atoms with Gasteiger partial charge in [0.05, 0.1) is 0 Å². The van der Waals surface area contributed by atoms with Crippen molar-refractivity contribution in [3.63, 3.8) is 0 Å². The summed E-state index contributed by atoms with van der Waals surface area (Å²) in [6, 6.07) is 10.9. The summed E-state index contributed by atoms with van der Waals surface area (Å²) in [7, 11) is 0. The highest BCUT2D eigenvalue weighted by Gasteiger charge is 2.21. The molecule has 0 spiro atoms. The number of benzene rings is 1. The van der Waals surface area contributed by atoms with Gasteiger partial charge in [0.2, 0.25) is 5.91 Å². The lowest BCUT2D eigenvalue weighted by Crippen LogP contribution is -2.34. The third-order valence-corrected chi connectivity index (χ3v) is 5.58. The number of carbonyl (C=O) groups excluding carboxylic acids is 1. The Balaban J connectivity index is 1.53. The van der Waals surface area contributed by atoms with Crippen LogP contribution in [-0.4, -0.2) is 12.5 Å². The number of carbonyl (C=O) groups is 1. The predicted octanol–water partition coefficient (Wildman–Crippen LogP) is 5.22. The fourth-order valence-electron chi connectivity index (χ4n) is 3.31. The molecule has 0 aliphatic heterocycles. The minimum absolute atomic E-state index is 0.247. The monoisotopic (exact) mass is 327 g/mol. The molecule has 1 unspecified atom stereocenters. The van der Waals surface area contributed by atoms with E-state index >= 15 is 0 Å². The molecular formula is C20H25NOS. The average Bonchev–Trinajstić information content (AvgIpc) is 3.15. The largest absolute Gasteiger partial charge is 0.355 e. The maximum absolute atomic E-state index is 12.2. The first-order valence-electron chi connectivity index (χ1n) is 8.64. The zero-order valence-corrected chi connectivity index (χ0v) is 14.6. The van der Waals surface area contributed by atoms with Gasteiger partial charge in [0.25, 0.3) is 0 Å². The Morgan fingerprint density at radius 1 is 1.13 bits per heavy atom. The molecule has 2 aromatic rings. The van der Waals surface area contributed by atoms with Crippen molar-refractivity contribution in [1.29, 1.82) is 0 Å². The summed E-state index contributed by atoms with van der Waals surface area (Å²) in [6.45, 7) is 2.91. The molecule has 1 N–H and O–H groups in total. The highest BCUT2D eigenvalue weighted by molar-refractivity contribution is 7.08. The van der Waals surface area contributed by atoms with Gasteiger partial charge in [0.15, 0.2) is 0 Å². The SMILES string of the molecule is CC(CNC(=O)C1CCCCC1)c1ccc(-c2ccsc2)cc1. The molecule has 3 heteroatoms. The van der Waals surface area contributed by atoms with Gasteiger partial charge in [-0.05, 0) is 52.3 Å². The normalized spacial score (nSPS) is 16.9. The fourth-order valence-corrected chi connectivity index (χ4v) is 3.98. The van der Waals surface area contributed by atoms with Gasteiger partial charge < -0.3 is 5.32 Å². The first kappa shape index (κ1) is 16.3. The van der Waals surface area contributed by atoms with Crippen molar-refractivity contribution < 1.29 is 4.79 Å². The molecular weight excluding hydrogens is 302 g/mol. The fraction of sp³-hybridized carbons (Fsp3) is 0.450. The predicted molar refractivity (Wildman–Crippen MR) is 97.8 cm³/mol. The summed E-state index contributed by atoms with van der Waals surface area (Å²) < 4.78 is 0. The number of thiophene rings is 1. The topological polar surface area (TPSA) is 29.1 Å². The number of nitrogens with one attached hydrogen (secondary N) is 1. The number of hydrogen-bond donors (Lipinski definition) is 1. The molecule has 1 fully saturated rings. The molecule has 1 aliphatic rings. The lowest BCUT2D eigenvalue weighted by atomic mass is 9.88. The summed E-state index contributed by atoms with van der Waals surface area (Å²) >= 11 is 1.72. The van der Waals surface area contributed by atoms with E-state index in [1.807, 2.05) is 0 Å². The van der Waals surface area contributed by atoms with Crippen LogP contribution in [0.15, 0.2) is 41.1 Å². The lowest BCUT2D eigenvalue weighted by molar-refractivity contribution is -0.125.